The Kier molecular flexibility index (Phi) is 8.06. The summed E-state index contributed by atoms with van der Waals surface area (Å²) in [6.07, 6.45) is 1.46. The van der Waals surface area contributed by atoms with Crippen molar-refractivity contribution < 1.29 is 18.7 Å². The molecule has 3 aromatic rings. The number of esters is 1. The van der Waals surface area contributed by atoms with E-state index < -0.39 is 0 Å². The zero-order chi connectivity index (χ0) is 22.1. The number of nitrogens with zero attached hydrogens (tertiary/aromatic N) is 1. The molecule has 6 nitrogen and oxygen atoms in total. The van der Waals surface area contributed by atoms with Crippen LogP contribution in [0.2, 0.25) is 0 Å². The van der Waals surface area contributed by atoms with Gasteiger partial charge in [0, 0.05) is 11.3 Å². The number of thioether (sulfide) groups is 1. The van der Waals surface area contributed by atoms with Crippen LogP contribution in [0.15, 0.2) is 70.2 Å². The fraction of sp³-hybridized carbons (Fsp3) is 0.208. The second-order valence-electron chi connectivity index (χ2n) is 6.71. The first-order valence-corrected chi connectivity index (χ1v) is 11.0. The number of amides is 1. The average Bonchev–Trinajstić information content (AvgIpc) is 3.24. The van der Waals surface area contributed by atoms with Gasteiger partial charge in [-0.05, 0) is 49.2 Å². The summed E-state index contributed by atoms with van der Waals surface area (Å²) in [4.78, 5) is 23.7. The Bertz CT molecular complexity index is 1060. The molecule has 0 radical (unpaired) electrons. The summed E-state index contributed by atoms with van der Waals surface area (Å²) in [6, 6.07) is 18.7. The van der Waals surface area contributed by atoms with Crippen molar-refractivity contribution in [1.29, 1.82) is 0 Å². The summed E-state index contributed by atoms with van der Waals surface area (Å²) in [5.41, 5.74) is 6.27. The number of ether oxygens (including phenoxy) is 1. The monoisotopic (exact) mass is 436 g/mol. The number of hydrogen-bond acceptors (Lipinski definition) is 6. The van der Waals surface area contributed by atoms with Crippen molar-refractivity contribution >= 4 is 29.9 Å². The summed E-state index contributed by atoms with van der Waals surface area (Å²) >= 11 is 1.54. The number of hydrazone groups is 1. The van der Waals surface area contributed by atoms with Crippen LogP contribution >= 0.6 is 11.8 Å². The fourth-order valence-corrected chi connectivity index (χ4v) is 3.68. The lowest BCUT2D eigenvalue weighted by atomic mass is 10.1. The van der Waals surface area contributed by atoms with Crippen LogP contribution in [0.1, 0.15) is 34.2 Å². The highest BCUT2D eigenvalue weighted by atomic mass is 32.2. The van der Waals surface area contributed by atoms with Crippen LogP contribution in [-0.2, 0) is 15.3 Å². The maximum Gasteiger partial charge on any atom is 0.338 e. The van der Waals surface area contributed by atoms with Crippen LogP contribution in [0.4, 0.5) is 0 Å². The molecule has 160 valence electrons. The molecule has 1 heterocycles. The third kappa shape index (κ3) is 6.58. The summed E-state index contributed by atoms with van der Waals surface area (Å²) in [6.45, 7) is 4.17. The van der Waals surface area contributed by atoms with E-state index in [0.717, 1.165) is 11.3 Å². The molecule has 0 fully saturated rings. The molecule has 0 saturated heterocycles. The number of carbonyl (C=O) groups is 2. The summed E-state index contributed by atoms with van der Waals surface area (Å²) in [5.74, 6) is 1.72. The molecule has 1 amide bonds. The lowest BCUT2D eigenvalue weighted by Crippen LogP contribution is -2.19. The first kappa shape index (κ1) is 22.4. The van der Waals surface area contributed by atoms with Gasteiger partial charge in [-0.2, -0.15) is 5.10 Å². The Hall–Kier alpha value is -3.32. The van der Waals surface area contributed by atoms with E-state index in [9.17, 15) is 9.59 Å². The Balaban J connectivity index is 1.47. The van der Waals surface area contributed by atoms with Gasteiger partial charge in [-0.25, -0.2) is 10.2 Å². The second-order valence-corrected chi connectivity index (χ2v) is 7.70. The van der Waals surface area contributed by atoms with Crippen molar-refractivity contribution in [2.24, 2.45) is 5.10 Å². The molecule has 2 aromatic carbocycles. The Morgan fingerprint density at radius 2 is 1.87 bits per heavy atom. The van der Waals surface area contributed by atoms with Crippen LogP contribution in [0.25, 0.3) is 11.3 Å². The zero-order valence-corrected chi connectivity index (χ0v) is 18.3. The number of hydrogen-bond donors (Lipinski definition) is 1. The highest BCUT2D eigenvalue weighted by Crippen LogP contribution is 2.22. The van der Waals surface area contributed by atoms with Gasteiger partial charge in [-0.3, -0.25) is 4.79 Å². The summed E-state index contributed by atoms with van der Waals surface area (Å²) in [5, 5.41) is 3.96. The topological polar surface area (TPSA) is 80.9 Å². The van der Waals surface area contributed by atoms with E-state index in [1.165, 1.54) is 17.3 Å². The highest BCUT2D eigenvalue weighted by Gasteiger charge is 2.08. The lowest BCUT2D eigenvalue weighted by molar-refractivity contribution is -0.118. The minimum Gasteiger partial charge on any atom is -0.462 e. The third-order valence-corrected chi connectivity index (χ3v) is 5.42. The SMILES string of the molecule is CCOC(=O)c1ccc(-c2ccc(/C=N\NC(=O)CSCc3ccccc3C)o2)cc1. The number of nitrogens with one attached hydrogen (secondary N) is 1. The van der Waals surface area contributed by atoms with Crippen LogP contribution in [-0.4, -0.2) is 30.5 Å². The van der Waals surface area contributed by atoms with Crippen molar-refractivity contribution in [1.82, 2.24) is 5.43 Å². The van der Waals surface area contributed by atoms with E-state index >= 15 is 0 Å². The van der Waals surface area contributed by atoms with E-state index in [4.69, 9.17) is 9.15 Å². The molecule has 0 atom stereocenters. The molecule has 0 aliphatic carbocycles. The van der Waals surface area contributed by atoms with Crippen LogP contribution in [0, 0.1) is 6.92 Å². The van der Waals surface area contributed by atoms with Crippen molar-refractivity contribution in [3.05, 3.63) is 83.1 Å². The molecule has 0 saturated carbocycles. The predicted octanol–water partition coefficient (Wildman–Crippen LogP) is 4.82. The van der Waals surface area contributed by atoms with Gasteiger partial charge in [0.25, 0.3) is 0 Å². The van der Waals surface area contributed by atoms with Crippen LogP contribution in [0.3, 0.4) is 0 Å². The molecule has 0 unspecified atom stereocenters. The Morgan fingerprint density at radius 3 is 2.61 bits per heavy atom. The second kappa shape index (κ2) is 11.2. The summed E-state index contributed by atoms with van der Waals surface area (Å²) in [7, 11) is 0. The fourth-order valence-electron chi connectivity index (χ4n) is 2.79. The largest absolute Gasteiger partial charge is 0.462 e. The van der Waals surface area contributed by atoms with Crippen molar-refractivity contribution in [2.75, 3.05) is 12.4 Å². The normalized spacial score (nSPS) is 10.9. The molecule has 0 aliphatic rings. The molecule has 7 heteroatoms. The molecule has 0 aliphatic heterocycles. The maximum absolute atomic E-state index is 12.0. The van der Waals surface area contributed by atoms with E-state index in [0.29, 0.717) is 29.4 Å². The standard InChI is InChI=1S/C24H24N2O4S/c1-3-29-24(28)19-10-8-18(9-11-19)22-13-12-21(30-22)14-25-26-23(27)16-31-15-20-7-5-4-6-17(20)2/h4-14H,3,15-16H2,1-2H3,(H,26,27)/b25-14-. The van der Waals surface area contributed by atoms with Gasteiger partial charge >= 0.3 is 5.97 Å². The van der Waals surface area contributed by atoms with Gasteiger partial charge in [-0.15, -0.1) is 11.8 Å². The highest BCUT2D eigenvalue weighted by molar-refractivity contribution is 7.99. The first-order valence-electron chi connectivity index (χ1n) is 9.88. The van der Waals surface area contributed by atoms with Crippen LogP contribution < -0.4 is 5.43 Å². The molecular formula is C24H24N2O4S. The molecule has 3 rings (SSSR count). The minimum absolute atomic E-state index is 0.170. The Morgan fingerprint density at radius 1 is 1.10 bits per heavy atom. The van der Waals surface area contributed by atoms with Gasteiger partial charge in [0.2, 0.25) is 5.91 Å². The first-order chi connectivity index (χ1) is 15.1. The molecule has 0 bridgehead atoms. The average molecular weight is 437 g/mol. The van der Waals surface area contributed by atoms with Gasteiger partial charge in [0.05, 0.1) is 24.1 Å². The van der Waals surface area contributed by atoms with E-state index in [1.54, 1.807) is 55.1 Å². The number of rotatable bonds is 9. The van der Waals surface area contributed by atoms with Gasteiger partial charge in [0.1, 0.15) is 11.5 Å². The molecular weight excluding hydrogens is 412 g/mol. The number of benzene rings is 2. The number of furan rings is 1. The van der Waals surface area contributed by atoms with E-state index in [-0.39, 0.29) is 11.9 Å². The third-order valence-electron chi connectivity index (χ3n) is 4.44. The maximum atomic E-state index is 12.0. The molecule has 1 aromatic heterocycles. The molecule has 31 heavy (non-hydrogen) atoms. The smallest absolute Gasteiger partial charge is 0.338 e. The van der Waals surface area contributed by atoms with Gasteiger partial charge < -0.3 is 9.15 Å². The number of aryl methyl sites for hydroxylation is 1. The Labute approximate surface area is 185 Å². The molecule has 0 spiro atoms. The zero-order valence-electron chi connectivity index (χ0n) is 17.5. The quantitative estimate of drug-likeness (QED) is 0.296. The van der Waals surface area contributed by atoms with Gasteiger partial charge in [0.15, 0.2) is 0 Å². The van der Waals surface area contributed by atoms with Crippen molar-refractivity contribution in [3.63, 3.8) is 0 Å². The lowest BCUT2D eigenvalue weighted by Gasteiger charge is -2.04. The van der Waals surface area contributed by atoms with Crippen LogP contribution in [0.5, 0.6) is 0 Å². The van der Waals surface area contributed by atoms with Gasteiger partial charge in [-0.1, -0.05) is 36.4 Å². The van der Waals surface area contributed by atoms with E-state index in [1.807, 2.05) is 12.1 Å². The minimum atomic E-state index is -0.353. The number of carbonyl (C=O) groups excluding carboxylic acids is 2. The summed E-state index contributed by atoms with van der Waals surface area (Å²) < 4.78 is 10.7. The molecule has 1 N–H and O–H groups in total. The van der Waals surface area contributed by atoms with Crippen molar-refractivity contribution in [3.8, 4) is 11.3 Å². The van der Waals surface area contributed by atoms with Crippen molar-refractivity contribution in [2.45, 2.75) is 19.6 Å². The van der Waals surface area contributed by atoms with E-state index in [2.05, 4.69) is 29.6 Å². The predicted molar refractivity (Wildman–Crippen MR) is 123 cm³/mol.